The van der Waals surface area contributed by atoms with Crippen molar-refractivity contribution in [1.29, 1.82) is 0 Å². The average molecular weight is 325 g/mol. The van der Waals surface area contributed by atoms with E-state index in [1.165, 1.54) is 6.33 Å². The summed E-state index contributed by atoms with van der Waals surface area (Å²) in [5.74, 6) is 1.09. The van der Waals surface area contributed by atoms with Gasteiger partial charge in [0.2, 0.25) is 5.91 Å². The molecule has 0 spiro atoms. The van der Waals surface area contributed by atoms with E-state index in [0.29, 0.717) is 13.0 Å². The summed E-state index contributed by atoms with van der Waals surface area (Å²) in [6.45, 7) is 1.28. The minimum Gasteiger partial charge on any atom is -0.332 e. The average Bonchev–Trinajstić information content (AvgIpc) is 3.33. The van der Waals surface area contributed by atoms with E-state index < -0.39 is 0 Å². The lowest BCUT2D eigenvalue weighted by atomic mass is 10.2. The molecule has 1 aliphatic heterocycles. The lowest BCUT2D eigenvalue weighted by Crippen LogP contribution is -2.32. The van der Waals surface area contributed by atoms with Gasteiger partial charge in [-0.25, -0.2) is 9.67 Å². The summed E-state index contributed by atoms with van der Waals surface area (Å²) in [4.78, 5) is 19.4. The summed E-state index contributed by atoms with van der Waals surface area (Å²) < 4.78 is 3.69. The molecule has 3 heterocycles. The highest BCUT2D eigenvalue weighted by Gasteiger charge is 2.32. The van der Waals surface area contributed by atoms with Crippen molar-refractivity contribution >= 4 is 16.9 Å². The fraction of sp³-hybridized carbons (Fsp3) is 0.438. The summed E-state index contributed by atoms with van der Waals surface area (Å²) in [5, 5.41) is 11.0. The normalized spacial score (nSPS) is 17.7. The number of tetrazole rings is 1. The molecule has 4 rings (SSSR count). The van der Waals surface area contributed by atoms with Crippen LogP contribution in [0.3, 0.4) is 0 Å². The van der Waals surface area contributed by atoms with Gasteiger partial charge in [-0.1, -0.05) is 12.1 Å². The summed E-state index contributed by atoms with van der Waals surface area (Å²) in [6, 6.07) is 8.12. The number of benzene rings is 1. The first kappa shape index (κ1) is 14.8. The molecule has 3 aromatic rings. The molecular weight excluding hydrogens is 306 g/mol. The standard InChI is InChI=1S/C16H19N7O/c1-21-13-6-3-2-5-12(13)18-16(21)14-7-4-9-23(14)15(24)8-10-22-11-17-19-20-22/h2-3,5-6,11,14H,4,7-10H2,1H3/t14-/m0/s1. The molecule has 1 amide bonds. The minimum absolute atomic E-state index is 0.0452. The van der Waals surface area contributed by atoms with Crippen LogP contribution >= 0.6 is 0 Å². The van der Waals surface area contributed by atoms with E-state index in [0.717, 1.165) is 36.2 Å². The van der Waals surface area contributed by atoms with Crippen LogP contribution in [0.5, 0.6) is 0 Å². The zero-order valence-electron chi connectivity index (χ0n) is 13.5. The van der Waals surface area contributed by atoms with Gasteiger partial charge >= 0.3 is 0 Å². The van der Waals surface area contributed by atoms with Crippen LogP contribution in [-0.2, 0) is 18.4 Å². The van der Waals surface area contributed by atoms with Crippen LogP contribution in [0, 0.1) is 0 Å². The second kappa shape index (κ2) is 6.03. The van der Waals surface area contributed by atoms with Gasteiger partial charge in [-0.15, -0.1) is 5.10 Å². The number of aryl methyl sites for hydroxylation is 2. The smallest absolute Gasteiger partial charge is 0.225 e. The van der Waals surface area contributed by atoms with E-state index in [4.69, 9.17) is 4.98 Å². The Balaban J connectivity index is 1.55. The molecule has 1 aliphatic rings. The second-order valence-electron chi connectivity index (χ2n) is 6.09. The highest BCUT2D eigenvalue weighted by molar-refractivity contribution is 5.78. The van der Waals surface area contributed by atoms with Gasteiger partial charge < -0.3 is 9.47 Å². The topological polar surface area (TPSA) is 81.7 Å². The van der Waals surface area contributed by atoms with E-state index >= 15 is 0 Å². The summed E-state index contributed by atoms with van der Waals surface area (Å²) >= 11 is 0. The van der Waals surface area contributed by atoms with Crippen LogP contribution < -0.4 is 0 Å². The molecule has 1 saturated heterocycles. The molecule has 2 aromatic heterocycles. The number of aromatic nitrogens is 6. The minimum atomic E-state index is 0.0452. The van der Waals surface area contributed by atoms with E-state index in [1.807, 2.05) is 30.1 Å². The maximum absolute atomic E-state index is 12.7. The van der Waals surface area contributed by atoms with Crippen LogP contribution in [0.15, 0.2) is 30.6 Å². The maximum atomic E-state index is 12.7. The molecule has 24 heavy (non-hydrogen) atoms. The zero-order valence-corrected chi connectivity index (χ0v) is 13.5. The van der Waals surface area contributed by atoms with Gasteiger partial charge in [0.25, 0.3) is 0 Å². The Morgan fingerprint density at radius 1 is 1.33 bits per heavy atom. The molecule has 0 N–H and O–H groups in total. The fourth-order valence-electron chi connectivity index (χ4n) is 3.43. The number of nitrogens with zero attached hydrogens (tertiary/aromatic N) is 7. The molecule has 0 saturated carbocycles. The molecule has 1 aromatic carbocycles. The largest absolute Gasteiger partial charge is 0.332 e. The number of para-hydroxylation sites is 2. The molecule has 1 fully saturated rings. The first-order valence-electron chi connectivity index (χ1n) is 8.15. The molecule has 0 unspecified atom stereocenters. The van der Waals surface area contributed by atoms with Gasteiger partial charge in [0.15, 0.2) is 0 Å². The molecule has 0 aliphatic carbocycles. The van der Waals surface area contributed by atoms with Crippen molar-refractivity contribution in [3.8, 4) is 0 Å². The SMILES string of the molecule is Cn1c([C@@H]2CCCN2C(=O)CCn2cnnn2)nc2ccccc21. The molecule has 124 valence electrons. The summed E-state index contributed by atoms with van der Waals surface area (Å²) in [5.41, 5.74) is 2.07. The lowest BCUT2D eigenvalue weighted by Gasteiger charge is -2.24. The molecular formula is C16H19N7O. The first-order valence-corrected chi connectivity index (χ1v) is 8.15. The Hall–Kier alpha value is -2.77. The third kappa shape index (κ3) is 2.53. The Bertz CT molecular complexity index is 855. The number of fused-ring (bicyclic) bond motifs is 1. The van der Waals surface area contributed by atoms with E-state index in [2.05, 4.69) is 26.2 Å². The monoisotopic (exact) mass is 325 g/mol. The van der Waals surface area contributed by atoms with Gasteiger partial charge in [-0.2, -0.15) is 0 Å². The third-order valence-corrected chi connectivity index (χ3v) is 4.64. The highest BCUT2D eigenvalue weighted by atomic mass is 16.2. The van der Waals surface area contributed by atoms with Crippen LogP contribution in [0.25, 0.3) is 11.0 Å². The zero-order chi connectivity index (χ0) is 16.5. The second-order valence-corrected chi connectivity index (χ2v) is 6.09. The van der Waals surface area contributed by atoms with Crippen LogP contribution in [-0.4, -0.2) is 47.1 Å². The van der Waals surface area contributed by atoms with Gasteiger partial charge in [-0.3, -0.25) is 4.79 Å². The van der Waals surface area contributed by atoms with Gasteiger partial charge in [0.1, 0.15) is 12.2 Å². The molecule has 8 nitrogen and oxygen atoms in total. The number of likely N-dealkylation sites (tertiary alicyclic amines) is 1. The Morgan fingerprint density at radius 3 is 3.00 bits per heavy atom. The van der Waals surface area contributed by atoms with Crippen molar-refractivity contribution in [3.05, 3.63) is 36.4 Å². The van der Waals surface area contributed by atoms with Crippen molar-refractivity contribution in [3.63, 3.8) is 0 Å². The van der Waals surface area contributed by atoms with Crippen LogP contribution in [0.4, 0.5) is 0 Å². The van der Waals surface area contributed by atoms with E-state index in [1.54, 1.807) is 4.68 Å². The maximum Gasteiger partial charge on any atom is 0.225 e. The van der Waals surface area contributed by atoms with Crippen molar-refractivity contribution < 1.29 is 4.79 Å². The predicted octanol–water partition coefficient (Wildman–Crippen LogP) is 1.31. The van der Waals surface area contributed by atoms with Gasteiger partial charge in [-0.05, 0) is 35.4 Å². The van der Waals surface area contributed by atoms with Crippen LogP contribution in [0.2, 0.25) is 0 Å². The van der Waals surface area contributed by atoms with Gasteiger partial charge in [0, 0.05) is 20.0 Å². The lowest BCUT2D eigenvalue weighted by molar-refractivity contribution is -0.132. The Labute approximate surface area is 139 Å². The number of carbonyl (C=O) groups is 1. The number of hydrogen-bond donors (Lipinski definition) is 0. The number of hydrogen-bond acceptors (Lipinski definition) is 5. The Kier molecular flexibility index (Phi) is 3.72. The van der Waals surface area contributed by atoms with Crippen molar-refractivity contribution in [2.45, 2.75) is 31.8 Å². The number of carbonyl (C=O) groups excluding carboxylic acids is 1. The van der Waals surface area contributed by atoms with E-state index in [-0.39, 0.29) is 11.9 Å². The molecule has 1 atom stereocenters. The van der Waals surface area contributed by atoms with Crippen molar-refractivity contribution in [2.75, 3.05) is 6.54 Å². The van der Waals surface area contributed by atoms with Crippen LogP contribution in [0.1, 0.15) is 31.1 Å². The quantitative estimate of drug-likeness (QED) is 0.722. The summed E-state index contributed by atoms with van der Waals surface area (Å²) in [7, 11) is 2.02. The number of rotatable bonds is 4. The molecule has 0 radical (unpaired) electrons. The third-order valence-electron chi connectivity index (χ3n) is 4.64. The van der Waals surface area contributed by atoms with Gasteiger partial charge in [0.05, 0.1) is 23.6 Å². The van der Waals surface area contributed by atoms with E-state index in [9.17, 15) is 4.79 Å². The number of imidazole rings is 1. The van der Waals surface area contributed by atoms with Crippen molar-refractivity contribution in [2.24, 2.45) is 7.05 Å². The molecule has 8 heteroatoms. The number of amides is 1. The Morgan fingerprint density at radius 2 is 2.21 bits per heavy atom. The highest BCUT2D eigenvalue weighted by Crippen LogP contribution is 2.33. The first-order chi connectivity index (χ1) is 11.7. The van der Waals surface area contributed by atoms with Crippen molar-refractivity contribution in [1.82, 2.24) is 34.7 Å². The summed E-state index contributed by atoms with van der Waals surface area (Å²) in [6.07, 6.45) is 3.88. The fourth-order valence-corrected chi connectivity index (χ4v) is 3.43. The molecule has 0 bridgehead atoms. The predicted molar refractivity (Wildman–Crippen MR) is 86.8 cm³/mol.